The molecule has 1 saturated heterocycles. The van der Waals surface area contributed by atoms with Crippen molar-refractivity contribution in [2.75, 3.05) is 11.4 Å². The van der Waals surface area contributed by atoms with E-state index in [2.05, 4.69) is 6.07 Å². The molecule has 0 bridgehead atoms. The summed E-state index contributed by atoms with van der Waals surface area (Å²) >= 11 is 5.63. The highest BCUT2D eigenvalue weighted by molar-refractivity contribution is 7.80. The number of hydrogen-bond acceptors (Lipinski definition) is 6. The molecule has 162 valence electrons. The first-order valence-corrected chi connectivity index (χ1v) is 13.2. The van der Waals surface area contributed by atoms with Gasteiger partial charge in [-0.15, -0.1) is 0 Å². The van der Waals surface area contributed by atoms with Crippen LogP contribution in [0.5, 0.6) is 0 Å². The molecule has 2 fully saturated rings. The van der Waals surface area contributed by atoms with E-state index in [4.69, 9.17) is 12.2 Å². The molecule has 5 rings (SSSR count). The number of imide groups is 1. The lowest BCUT2D eigenvalue weighted by Crippen LogP contribution is -2.52. The zero-order valence-corrected chi connectivity index (χ0v) is 20.2. The van der Waals surface area contributed by atoms with Gasteiger partial charge in [-0.05, 0) is 45.7 Å². The molecule has 1 saturated carbocycles. The van der Waals surface area contributed by atoms with Gasteiger partial charge in [-0.3, -0.25) is 24.2 Å². The van der Waals surface area contributed by atoms with Gasteiger partial charge in [0.15, 0.2) is 0 Å². The van der Waals surface area contributed by atoms with Crippen LogP contribution in [0.4, 0.5) is 5.69 Å². The van der Waals surface area contributed by atoms with Crippen molar-refractivity contribution >= 4 is 56.3 Å². The summed E-state index contributed by atoms with van der Waals surface area (Å²) in [6, 6.07) is 6.01. The Bertz CT molecular complexity index is 1150. The molecule has 3 heterocycles. The highest BCUT2D eigenvalue weighted by atomic mass is 32.9. The summed E-state index contributed by atoms with van der Waals surface area (Å²) in [4.78, 5) is 43.6. The van der Waals surface area contributed by atoms with E-state index in [0.717, 1.165) is 56.8 Å². The van der Waals surface area contributed by atoms with Gasteiger partial charge in [-0.2, -0.15) is 0 Å². The predicted molar refractivity (Wildman–Crippen MR) is 126 cm³/mol. The second-order valence-corrected chi connectivity index (χ2v) is 12.0. The minimum Gasteiger partial charge on any atom is -0.300 e. The number of carbonyl (C=O) groups excluding carboxylic acids is 3. The van der Waals surface area contributed by atoms with E-state index in [1.807, 2.05) is 32.9 Å². The maximum Gasteiger partial charge on any atom is 0.247 e. The summed E-state index contributed by atoms with van der Waals surface area (Å²) in [7, 11) is 3.16. The van der Waals surface area contributed by atoms with Gasteiger partial charge < -0.3 is 0 Å². The second-order valence-electron chi connectivity index (χ2n) is 9.23. The van der Waals surface area contributed by atoms with Gasteiger partial charge in [0.2, 0.25) is 17.7 Å². The number of carbonyl (C=O) groups is 3. The SMILES string of the molecule is Cc1ccc2c(c1)-c1c(ssc1=S)C(C)(C)N2C(=O)CN1C(=O)[C@@H]2CCCC[C@H]2C1=O. The molecule has 0 spiro atoms. The van der Waals surface area contributed by atoms with Crippen LogP contribution in [0.2, 0.25) is 0 Å². The number of rotatable bonds is 2. The fraction of sp³-hybridized carbons (Fsp3) is 0.478. The Balaban J connectivity index is 1.54. The van der Waals surface area contributed by atoms with E-state index in [0.29, 0.717) is 0 Å². The summed E-state index contributed by atoms with van der Waals surface area (Å²) in [5.41, 5.74) is 3.26. The minimum atomic E-state index is -0.620. The highest BCUT2D eigenvalue weighted by Gasteiger charge is 2.50. The molecular weight excluding hydrogens is 448 g/mol. The first-order valence-electron chi connectivity index (χ1n) is 10.6. The van der Waals surface area contributed by atoms with Crippen molar-refractivity contribution in [2.45, 2.75) is 52.0 Å². The molecule has 2 aromatic rings. The molecule has 0 unspecified atom stereocenters. The molecule has 2 aliphatic heterocycles. The summed E-state index contributed by atoms with van der Waals surface area (Å²) in [5, 5.41) is 0. The van der Waals surface area contributed by atoms with Crippen LogP contribution in [0.25, 0.3) is 11.1 Å². The summed E-state index contributed by atoms with van der Waals surface area (Å²) in [6.07, 6.45) is 3.44. The number of benzene rings is 1. The zero-order valence-electron chi connectivity index (χ0n) is 17.8. The molecule has 3 amide bonds. The quantitative estimate of drug-likeness (QED) is 0.339. The summed E-state index contributed by atoms with van der Waals surface area (Å²) < 4.78 is 0.834. The monoisotopic (exact) mass is 472 g/mol. The van der Waals surface area contributed by atoms with Gasteiger partial charge in [-0.1, -0.05) is 57.4 Å². The van der Waals surface area contributed by atoms with E-state index < -0.39 is 5.54 Å². The molecular formula is C23H24N2O3S3. The van der Waals surface area contributed by atoms with E-state index in [1.54, 1.807) is 25.6 Å². The Hall–Kier alpha value is -1.90. The van der Waals surface area contributed by atoms with Gasteiger partial charge in [0.25, 0.3) is 0 Å². The molecule has 3 aliphatic rings. The lowest BCUT2D eigenvalue weighted by molar-refractivity contribution is -0.143. The van der Waals surface area contributed by atoms with Gasteiger partial charge in [-0.25, -0.2) is 0 Å². The Morgan fingerprint density at radius 3 is 2.42 bits per heavy atom. The maximum absolute atomic E-state index is 13.7. The average Bonchev–Trinajstić information content (AvgIpc) is 3.23. The van der Waals surface area contributed by atoms with Crippen LogP contribution in [0.3, 0.4) is 0 Å². The fourth-order valence-corrected chi connectivity index (χ4v) is 8.66. The van der Waals surface area contributed by atoms with E-state index in [9.17, 15) is 14.4 Å². The van der Waals surface area contributed by atoms with Gasteiger partial charge in [0.05, 0.1) is 27.9 Å². The van der Waals surface area contributed by atoms with Crippen LogP contribution in [-0.2, 0) is 19.9 Å². The van der Waals surface area contributed by atoms with Crippen molar-refractivity contribution in [2.24, 2.45) is 11.8 Å². The van der Waals surface area contributed by atoms with Crippen LogP contribution in [0.15, 0.2) is 18.2 Å². The largest absolute Gasteiger partial charge is 0.300 e. The number of likely N-dealkylation sites (tertiary alicyclic amines) is 1. The van der Waals surface area contributed by atoms with Crippen LogP contribution < -0.4 is 4.90 Å². The Morgan fingerprint density at radius 1 is 1.13 bits per heavy atom. The number of amides is 3. The van der Waals surface area contributed by atoms with Crippen molar-refractivity contribution in [3.63, 3.8) is 0 Å². The molecule has 1 aromatic heterocycles. The molecule has 1 aromatic carbocycles. The molecule has 31 heavy (non-hydrogen) atoms. The third kappa shape index (κ3) is 3.06. The van der Waals surface area contributed by atoms with Gasteiger partial charge in [0, 0.05) is 11.1 Å². The van der Waals surface area contributed by atoms with E-state index >= 15 is 0 Å². The Morgan fingerprint density at radius 2 is 1.77 bits per heavy atom. The standard InChI is InChI=1S/C23H24N2O3S3/c1-12-8-9-16-15(10-12)18-19(30-31-22(18)29)23(2,3)25(16)17(26)11-24-20(27)13-6-4-5-7-14(13)21(24)28/h8-10,13-14H,4-7,11H2,1-3H3/t13-,14-/m1/s1. The third-order valence-electron chi connectivity index (χ3n) is 6.88. The second kappa shape index (κ2) is 7.32. The van der Waals surface area contributed by atoms with Crippen molar-refractivity contribution in [3.8, 4) is 11.1 Å². The first kappa shape index (κ1) is 21.0. The molecule has 2 atom stereocenters. The number of nitrogens with zero attached hydrogens (tertiary/aromatic N) is 2. The smallest absolute Gasteiger partial charge is 0.247 e. The van der Waals surface area contributed by atoms with Crippen molar-refractivity contribution in [1.29, 1.82) is 0 Å². The Kier molecular flexibility index (Phi) is 4.95. The average molecular weight is 473 g/mol. The number of hydrogen-bond donors (Lipinski definition) is 0. The number of anilines is 1. The fourth-order valence-electron chi connectivity index (χ4n) is 5.38. The van der Waals surface area contributed by atoms with Crippen LogP contribution in [0, 0.1) is 22.6 Å². The number of fused-ring (bicyclic) bond motifs is 4. The lowest BCUT2D eigenvalue weighted by Gasteiger charge is -2.43. The number of aryl methyl sites for hydroxylation is 1. The van der Waals surface area contributed by atoms with E-state index in [-0.39, 0.29) is 36.1 Å². The van der Waals surface area contributed by atoms with Crippen molar-refractivity contribution in [1.82, 2.24) is 4.90 Å². The summed E-state index contributed by atoms with van der Waals surface area (Å²) in [6.45, 7) is 5.84. The Labute approximate surface area is 194 Å². The van der Waals surface area contributed by atoms with Crippen molar-refractivity contribution < 1.29 is 14.4 Å². The van der Waals surface area contributed by atoms with Crippen LogP contribution >= 0.6 is 32.9 Å². The lowest BCUT2D eigenvalue weighted by atomic mass is 9.81. The maximum atomic E-state index is 13.7. The zero-order chi connectivity index (χ0) is 22.1. The molecule has 0 radical (unpaired) electrons. The summed E-state index contributed by atoms with van der Waals surface area (Å²) in [5.74, 6) is -1.06. The normalized spacial score (nSPS) is 24.1. The predicted octanol–water partition coefficient (Wildman–Crippen LogP) is 5.27. The van der Waals surface area contributed by atoms with Gasteiger partial charge in [0.1, 0.15) is 10.4 Å². The van der Waals surface area contributed by atoms with Gasteiger partial charge >= 0.3 is 0 Å². The third-order valence-corrected chi connectivity index (χ3v) is 10.2. The van der Waals surface area contributed by atoms with E-state index in [1.165, 1.54) is 4.90 Å². The molecule has 1 aliphatic carbocycles. The molecule has 0 N–H and O–H groups in total. The first-order chi connectivity index (χ1) is 14.7. The van der Waals surface area contributed by atoms with Crippen molar-refractivity contribution in [3.05, 3.63) is 32.5 Å². The molecule has 8 heteroatoms. The topological polar surface area (TPSA) is 57.7 Å². The minimum absolute atomic E-state index is 0.172. The highest BCUT2D eigenvalue weighted by Crippen LogP contribution is 2.52. The molecule has 5 nitrogen and oxygen atoms in total. The van der Waals surface area contributed by atoms with Crippen LogP contribution in [-0.4, -0.2) is 29.2 Å². The van der Waals surface area contributed by atoms with Crippen LogP contribution in [0.1, 0.15) is 50.0 Å².